The Hall–Kier alpha value is -1.90. The third-order valence-electron chi connectivity index (χ3n) is 3.45. The summed E-state index contributed by atoms with van der Waals surface area (Å²) in [7, 11) is -3.68. The van der Waals surface area contributed by atoms with Crippen LogP contribution in [0.3, 0.4) is 0 Å². The average Bonchev–Trinajstić information content (AvgIpc) is 2.55. The van der Waals surface area contributed by atoms with Crippen LogP contribution >= 0.6 is 27.5 Å². The summed E-state index contributed by atoms with van der Waals surface area (Å²) in [5.74, 6) is -0.568. The van der Waals surface area contributed by atoms with Crippen LogP contribution in [-0.4, -0.2) is 33.3 Å². The van der Waals surface area contributed by atoms with Gasteiger partial charge in [-0.25, -0.2) is 13.8 Å². The van der Waals surface area contributed by atoms with Crippen molar-refractivity contribution in [1.29, 1.82) is 0 Å². The van der Waals surface area contributed by atoms with E-state index in [-0.39, 0.29) is 0 Å². The summed E-state index contributed by atoms with van der Waals surface area (Å²) in [5.41, 5.74) is 4.04. The number of hydrogen-bond donors (Lipinski definition) is 1. The van der Waals surface area contributed by atoms with Crippen molar-refractivity contribution in [2.75, 3.05) is 17.1 Å². The first kappa shape index (κ1) is 20.4. The van der Waals surface area contributed by atoms with E-state index in [1.165, 1.54) is 6.21 Å². The van der Waals surface area contributed by atoms with Gasteiger partial charge < -0.3 is 0 Å². The van der Waals surface area contributed by atoms with E-state index in [1.54, 1.807) is 25.1 Å². The molecule has 2 rings (SSSR count). The molecule has 1 N–H and O–H groups in total. The third-order valence-corrected chi connectivity index (χ3v) is 5.48. The monoisotopic (exact) mass is 457 g/mol. The van der Waals surface area contributed by atoms with Gasteiger partial charge in [-0.15, -0.1) is 0 Å². The second-order valence-electron chi connectivity index (χ2n) is 5.50. The maximum atomic E-state index is 12.2. The summed E-state index contributed by atoms with van der Waals surface area (Å²) >= 11 is 9.40. The molecule has 0 aromatic heterocycles. The van der Waals surface area contributed by atoms with Crippen molar-refractivity contribution < 1.29 is 13.2 Å². The smallest absolute Gasteiger partial charge is 0.260 e. The Morgan fingerprint density at radius 1 is 1.31 bits per heavy atom. The second kappa shape index (κ2) is 8.66. The first-order valence-electron chi connectivity index (χ1n) is 7.49. The molecule has 0 fully saturated rings. The number of sulfonamides is 1. The van der Waals surface area contributed by atoms with Gasteiger partial charge in [0.1, 0.15) is 6.54 Å². The zero-order valence-corrected chi connectivity index (χ0v) is 17.3. The average molecular weight is 459 g/mol. The molecule has 0 atom stereocenters. The molecule has 2 aromatic rings. The lowest BCUT2D eigenvalue weighted by atomic mass is 10.2. The summed E-state index contributed by atoms with van der Waals surface area (Å²) in [5, 5.41) is 4.28. The molecule has 0 bridgehead atoms. The maximum Gasteiger partial charge on any atom is 0.260 e. The van der Waals surface area contributed by atoms with Crippen molar-refractivity contribution >= 4 is 55.4 Å². The highest BCUT2D eigenvalue weighted by molar-refractivity contribution is 9.10. The summed E-state index contributed by atoms with van der Waals surface area (Å²) in [6.07, 6.45) is 2.50. The predicted molar refractivity (Wildman–Crippen MR) is 108 cm³/mol. The normalized spacial score (nSPS) is 11.5. The van der Waals surface area contributed by atoms with Crippen molar-refractivity contribution in [1.82, 2.24) is 5.43 Å². The summed E-state index contributed by atoms with van der Waals surface area (Å²) in [6.45, 7) is 1.29. The minimum absolute atomic E-state index is 0.353. The summed E-state index contributed by atoms with van der Waals surface area (Å²) in [4.78, 5) is 12.2. The molecule has 0 radical (unpaired) electrons. The van der Waals surface area contributed by atoms with Crippen LogP contribution in [0.25, 0.3) is 0 Å². The fourth-order valence-electron chi connectivity index (χ4n) is 2.18. The maximum absolute atomic E-state index is 12.2. The molecule has 0 aliphatic carbocycles. The van der Waals surface area contributed by atoms with Gasteiger partial charge in [-0.2, -0.15) is 5.10 Å². The first-order chi connectivity index (χ1) is 12.2. The number of nitrogens with zero attached hydrogens (tertiary/aromatic N) is 2. The molecule has 0 unspecified atom stereocenters. The van der Waals surface area contributed by atoms with Crippen molar-refractivity contribution in [2.45, 2.75) is 6.92 Å². The highest BCUT2D eigenvalue weighted by Crippen LogP contribution is 2.27. The number of anilines is 1. The molecular weight excluding hydrogens is 442 g/mol. The molecule has 0 heterocycles. The fourth-order valence-corrected chi connectivity index (χ4v) is 3.67. The van der Waals surface area contributed by atoms with Crippen LogP contribution < -0.4 is 9.73 Å². The van der Waals surface area contributed by atoms with Gasteiger partial charge in [0.05, 0.1) is 18.2 Å². The number of rotatable bonds is 6. The largest absolute Gasteiger partial charge is 0.271 e. The van der Waals surface area contributed by atoms with Crippen molar-refractivity contribution in [3.63, 3.8) is 0 Å². The standard InChI is InChI=1S/C17H17BrClN3O3S/c1-12-15(19)7-4-8-16(12)22(26(2,24)25)11-17(23)21-20-10-13-5-3-6-14(18)9-13/h3-10H,11H2,1-2H3,(H,21,23)/b20-10-. The van der Waals surface area contributed by atoms with E-state index in [0.717, 1.165) is 20.6 Å². The van der Waals surface area contributed by atoms with Gasteiger partial charge in [0.15, 0.2) is 0 Å². The number of hydrogen-bond acceptors (Lipinski definition) is 4. The van der Waals surface area contributed by atoms with E-state index in [4.69, 9.17) is 11.6 Å². The Morgan fingerprint density at radius 3 is 2.65 bits per heavy atom. The Labute approximate surface area is 166 Å². The molecule has 26 heavy (non-hydrogen) atoms. The van der Waals surface area contributed by atoms with Crippen molar-refractivity contribution in [3.8, 4) is 0 Å². The quantitative estimate of drug-likeness (QED) is 0.533. The van der Waals surface area contributed by atoms with Crippen LogP contribution in [-0.2, 0) is 14.8 Å². The molecule has 138 valence electrons. The van der Waals surface area contributed by atoms with E-state index < -0.39 is 22.5 Å². The molecular formula is C17H17BrClN3O3S. The Bertz CT molecular complexity index is 948. The van der Waals surface area contributed by atoms with E-state index in [1.807, 2.05) is 24.3 Å². The number of amides is 1. The minimum Gasteiger partial charge on any atom is -0.271 e. The lowest BCUT2D eigenvalue weighted by Crippen LogP contribution is -2.39. The van der Waals surface area contributed by atoms with Crippen LogP contribution in [0.4, 0.5) is 5.69 Å². The SMILES string of the molecule is Cc1c(Cl)cccc1N(CC(=O)N/N=C\c1cccc(Br)c1)S(C)(=O)=O. The predicted octanol–water partition coefficient (Wildman–Crippen LogP) is 3.33. The van der Waals surface area contributed by atoms with E-state index >= 15 is 0 Å². The van der Waals surface area contributed by atoms with Crippen molar-refractivity contribution in [3.05, 3.63) is 63.1 Å². The van der Waals surface area contributed by atoms with Crippen LogP contribution in [0.15, 0.2) is 52.0 Å². The number of nitrogens with one attached hydrogen (secondary N) is 1. The zero-order valence-electron chi connectivity index (χ0n) is 14.1. The molecule has 9 heteroatoms. The lowest BCUT2D eigenvalue weighted by Gasteiger charge is -2.23. The topological polar surface area (TPSA) is 78.8 Å². The second-order valence-corrected chi connectivity index (χ2v) is 8.73. The number of carbonyl (C=O) groups is 1. The van der Waals surface area contributed by atoms with Gasteiger partial charge >= 0.3 is 0 Å². The fraction of sp³-hybridized carbons (Fsp3) is 0.176. The van der Waals surface area contributed by atoms with Gasteiger partial charge in [-0.3, -0.25) is 9.10 Å². The number of halogens is 2. The molecule has 2 aromatic carbocycles. The molecule has 0 aliphatic heterocycles. The number of carbonyl (C=O) groups excluding carboxylic acids is 1. The van der Waals surface area contributed by atoms with Crippen LogP contribution in [0.2, 0.25) is 5.02 Å². The van der Waals surface area contributed by atoms with Crippen LogP contribution in [0.5, 0.6) is 0 Å². The molecule has 0 aliphatic rings. The Balaban J connectivity index is 2.14. The van der Waals surface area contributed by atoms with Gasteiger partial charge in [0.2, 0.25) is 10.0 Å². The molecule has 1 amide bonds. The zero-order chi connectivity index (χ0) is 19.3. The van der Waals surface area contributed by atoms with Gasteiger partial charge in [0, 0.05) is 9.50 Å². The Morgan fingerprint density at radius 2 is 2.00 bits per heavy atom. The summed E-state index contributed by atoms with van der Waals surface area (Å²) < 4.78 is 26.1. The summed E-state index contributed by atoms with van der Waals surface area (Å²) in [6, 6.07) is 12.2. The third kappa shape index (κ3) is 5.55. The van der Waals surface area contributed by atoms with E-state index in [9.17, 15) is 13.2 Å². The van der Waals surface area contributed by atoms with E-state index in [2.05, 4.69) is 26.5 Å². The van der Waals surface area contributed by atoms with Crippen LogP contribution in [0, 0.1) is 6.92 Å². The Kier molecular flexibility index (Phi) is 6.80. The number of hydrazone groups is 1. The van der Waals surface area contributed by atoms with Crippen molar-refractivity contribution in [2.24, 2.45) is 5.10 Å². The molecule has 6 nitrogen and oxygen atoms in total. The van der Waals surface area contributed by atoms with Crippen LogP contribution in [0.1, 0.15) is 11.1 Å². The molecule has 0 saturated heterocycles. The highest BCUT2D eigenvalue weighted by Gasteiger charge is 2.22. The minimum atomic E-state index is -3.68. The van der Waals surface area contributed by atoms with E-state index in [0.29, 0.717) is 16.3 Å². The highest BCUT2D eigenvalue weighted by atomic mass is 79.9. The molecule has 0 spiro atoms. The van der Waals surface area contributed by atoms with Gasteiger partial charge in [0.25, 0.3) is 5.91 Å². The molecule has 0 saturated carbocycles. The van der Waals surface area contributed by atoms with Gasteiger partial charge in [-0.05, 0) is 42.3 Å². The first-order valence-corrected chi connectivity index (χ1v) is 10.5. The van der Waals surface area contributed by atoms with Gasteiger partial charge in [-0.1, -0.05) is 45.7 Å². The lowest BCUT2D eigenvalue weighted by molar-refractivity contribution is -0.119. The number of benzene rings is 2.